The van der Waals surface area contributed by atoms with Crippen molar-refractivity contribution < 1.29 is 8.85 Å². The van der Waals surface area contributed by atoms with Gasteiger partial charge in [-0.3, -0.25) is 0 Å². The van der Waals surface area contributed by atoms with E-state index in [9.17, 15) is 0 Å². The second-order valence-electron chi connectivity index (χ2n) is 8.07. The van der Waals surface area contributed by atoms with E-state index < -0.39 is 8.56 Å². The molecule has 0 saturated heterocycles. The van der Waals surface area contributed by atoms with E-state index in [0.29, 0.717) is 0 Å². The van der Waals surface area contributed by atoms with Crippen LogP contribution in [0.5, 0.6) is 5.75 Å². The van der Waals surface area contributed by atoms with Crippen LogP contribution in [-0.4, -0.2) is 15.2 Å². The molecule has 0 amide bonds. The second-order valence-corrected chi connectivity index (χ2v) is 11.4. The Balaban J connectivity index is 1.62. The van der Waals surface area contributed by atoms with Crippen molar-refractivity contribution in [2.24, 2.45) is 0 Å². The molecule has 0 aliphatic heterocycles. The lowest BCUT2D eigenvalue weighted by Gasteiger charge is -2.24. The minimum Gasteiger partial charge on any atom is -0.520 e. The van der Waals surface area contributed by atoms with Gasteiger partial charge in [-0.1, -0.05) is 101 Å². The predicted molar refractivity (Wildman–Crippen MR) is 123 cm³/mol. The number of hydrogen-bond acceptors (Lipinski definition) is 2. The minimum atomic E-state index is -2.13. The summed E-state index contributed by atoms with van der Waals surface area (Å²) in [4.78, 5) is 0. The molecule has 2 aromatic carbocycles. The molecule has 28 heavy (non-hydrogen) atoms. The third-order valence-electron chi connectivity index (χ3n) is 5.02. The first kappa shape index (κ1) is 22.7. The highest BCUT2D eigenvalue weighted by molar-refractivity contribution is 6.65. The fraction of sp³-hybridized carbons (Fsp3) is 0.520. The summed E-state index contributed by atoms with van der Waals surface area (Å²) in [5.41, 5.74) is 2.44. The highest BCUT2D eigenvalue weighted by atomic mass is 28.4. The van der Waals surface area contributed by atoms with Crippen molar-refractivity contribution in [1.29, 1.82) is 0 Å². The Labute approximate surface area is 173 Å². The monoisotopic (exact) mass is 398 g/mol. The Morgan fingerprint density at radius 2 is 1.18 bits per heavy atom. The Morgan fingerprint density at radius 3 is 1.79 bits per heavy atom. The number of unbranched alkanes of at least 4 members (excludes halogenated alkanes) is 8. The fourth-order valence-corrected chi connectivity index (χ4v) is 4.79. The van der Waals surface area contributed by atoms with Crippen LogP contribution in [0.1, 0.15) is 64.7 Å². The second kappa shape index (κ2) is 12.8. The van der Waals surface area contributed by atoms with Gasteiger partial charge in [0.25, 0.3) is 0 Å². The van der Waals surface area contributed by atoms with Crippen molar-refractivity contribution in [3.63, 3.8) is 0 Å². The fourth-order valence-electron chi connectivity index (χ4n) is 3.39. The van der Waals surface area contributed by atoms with Crippen LogP contribution in [-0.2, 0) is 4.43 Å². The maximum absolute atomic E-state index is 6.19. The largest absolute Gasteiger partial charge is 0.520 e. The van der Waals surface area contributed by atoms with Crippen molar-refractivity contribution in [3.05, 3.63) is 54.6 Å². The van der Waals surface area contributed by atoms with Gasteiger partial charge in [0.1, 0.15) is 5.75 Å². The van der Waals surface area contributed by atoms with E-state index >= 15 is 0 Å². The molecule has 0 saturated carbocycles. The average molecular weight is 399 g/mol. The molecule has 0 aromatic heterocycles. The minimum absolute atomic E-state index is 0.817. The van der Waals surface area contributed by atoms with Crippen LogP contribution in [0, 0.1) is 0 Å². The van der Waals surface area contributed by atoms with Gasteiger partial charge in [-0.25, -0.2) is 0 Å². The number of hydrogen-bond donors (Lipinski definition) is 0. The van der Waals surface area contributed by atoms with Gasteiger partial charge < -0.3 is 8.85 Å². The van der Waals surface area contributed by atoms with E-state index in [1.165, 1.54) is 62.5 Å². The molecule has 2 nitrogen and oxygen atoms in total. The molecule has 3 heteroatoms. The number of rotatable bonds is 14. The average Bonchev–Trinajstić information content (AvgIpc) is 2.70. The molecular weight excluding hydrogens is 360 g/mol. The normalized spacial score (nSPS) is 11.5. The van der Waals surface area contributed by atoms with Crippen LogP contribution in [0.15, 0.2) is 54.6 Å². The summed E-state index contributed by atoms with van der Waals surface area (Å²) in [6.45, 7) is 7.35. The molecule has 0 bridgehead atoms. The Bertz CT molecular complexity index is 637. The molecule has 154 valence electrons. The Morgan fingerprint density at radius 1 is 0.643 bits per heavy atom. The third-order valence-corrected chi connectivity index (χ3v) is 6.65. The lowest BCUT2D eigenvalue weighted by molar-refractivity contribution is 0.240. The first-order valence-corrected chi connectivity index (χ1v) is 13.9. The van der Waals surface area contributed by atoms with Crippen LogP contribution >= 0.6 is 0 Å². The lowest BCUT2D eigenvalue weighted by Crippen LogP contribution is -2.38. The summed E-state index contributed by atoms with van der Waals surface area (Å²) in [6, 6.07) is 18.8. The van der Waals surface area contributed by atoms with Crippen LogP contribution in [0.4, 0.5) is 0 Å². The van der Waals surface area contributed by atoms with E-state index in [1.807, 2.05) is 6.07 Å². The quantitative estimate of drug-likeness (QED) is 0.237. The van der Waals surface area contributed by atoms with Crippen molar-refractivity contribution in [1.82, 2.24) is 0 Å². The van der Waals surface area contributed by atoms with Crippen molar-refractivity contribution in [2.45, 2.75) is 77.8 Å². The molecule has 0 N–H and O–H groups in total. The topological polar surface area (TPSA) is 18.5 Å². The van der Waals surface area contributed by atoms with E-state index in [4.69, 9.17) is 8.85 Å². The highest BCUT2D eigenvalue weighted by Gasteiger charge is 2.26. The maximum Gasteiger partial charge on any atom is 0.392 e. The summed E-state index contributed by atoms with van der Waals surface area (Å²) in [6.07, 6.45) is 12.0. The van der Waals surface area contributed by atoms with E-state index in [2.05, 4.69) is 68.5 Å². The molecule has 0 unspecified atom stereocenters. The van der Waals surface area contributed by atoms with Gasteiger partial charge in [-0.15, -0.1) is 0 Å². The van der Waals surface area contributed by atoms with Crippen molar-refractivity contribution in [3.8, 4) is 16.9 Å². The Hall–Kier alpha value is -1.58. The summed E-state index contributed by atoms with van der Waals surface area (Å²) in [5, 5.41) is 0. The standard InChI is InChI=1S/C25H38O2Si/c1-4-5-6-7-8-9-10-11-15-22-26-28(2,3)27-25-20-18-24(19-21-25)23-16-13-12-14-17-23/h12-14,16-21H,4-11,15,22H2,1-3H3. The molecule has 2 aromatic rings. The van der Waals surface area contributed by atoms with Gasteiger partial charge in [0.05, 0.1) is 0 Å². The van der Waals surface area contributed by atoms with Gasteiger partial charge >= 0.3 is 8.56 Å². The van der Waals surface area contributed by atoms with Crippen LogP contribution in [0.25, 0.3) is 11.1 Å². The van der Waals surface area contributed by atoms with Gasteiger partial charge in [-0.05, 0) is 42.8 Å². The molecule has 0 radical (unpaired) electrons. The lowest BCUT2D eigenvalue weighted by atomic mass is 10.1. The molecule has 2 rings (SSSR count). The predicted octanol–water partition coefficient (Wildman–Crippen LogP) is 7.98. The summed E-state index contributed by atoms with van der Waals surface area (Å²) < 4.78 is 12.3. The maximum atomic E-state index is 6.19. The van der Waals surface area contributed by atoms with Crippen molar-refractivity contribution in [2.75, 3.05) is 6.61 Å². The SMILES string of the molecule is CCCCCCCCCCCO[Si](C)(C)Oc1ccc(-c2ccccc2)cc1. The first-order valence-electron chi connectivity index (χ1n) is 11.1. The zero-order valence-corrected chi connectivity index (χ0v) is 19.1. The zero-order chi connectivity index (χ0) is 20.1. The molecular formula is C25H38O2Si. The molecule has 0 fully saturated rings. The zero-order valence-electron chi connectivity index (χ0n) is 18.1. The third kappa shape index (κ3) is 9.07. The molecule has 0 aliphatic carbocycles. The van der Waals surface area contributed by atoms with Crippen LogP contribution in [0.3, 0.4) is 0 Å². The Kier molecular flexibility index (Phi) is 10.4. The van der Waals surface area contributed by atoms with E-state index in [1.54, 1.807) is 0 Å². The number of benzene rings is 2. The molecule has 0 heterocycles. The molecule has 0 aliphatic rings. The summed E-state index contributed by atoms with van der Waals surface area (Å²) in [5.74, 6) is 0.906. The molecule has 0 atom stereocenters. The van der Waals surface area contributed by atoms with Gasteiger partial charge in [0.2, 0.25) is 0 Å². The van der Waals surface area contributed by atoms with Gasteiger partial charge in [0.15, 0.2) is 0 Å². The summed E-state index contributed by atoms with van der Waals surface area (Å²) in [7, 11) is -2.13. The summed E-state index contributed by atoms with van der Waals surface area (Å²) >= 11 is 0. The van der Waals surface area contributed by atoms with Gasteiger partial charge in [0, 0.05) is 6.61 Å². The van der Waals surface area contributed by atoms with Crippen LogP contribution in [0.2, 0.25) is 13.1 Å². The van der Waals surface area contributed by atoms with E-state index in [-0.39, 0.29) is 0 Å². The van der Waals surface area contributed by atoms with Crippen molar-refractivity contribution >= 4 is 8.56 Å². The van der Waals surface area contributed by atoms with E-state index in [0.717, 1.165) is 18.8 Å². The smallest absolute Gasteiger partial charge is 0.392 e. The van der Waals surface area contributed by atoms with Crippen LogP contribution < -0.4 is 4.43 Å². The highest BCUT2D eigenvalue weighted by Crippen LogP contribution is 2.24. The molecule has 0 spiro atoms. The first-order chi connectivity index (χ1) is 13.6. The van der Waals surface area contributed by atoms with Gasteiger partial charge in [-0.2, -0.15) is 0 Å².